The molecule has 0 bridgehead atoms. The Kier molecular flexibility index (Phi) is 3.03. The topological polar surface area (TPSA) is 49.8 Å². The minimum absolute atomic E-state index is 0.262. The predicted octanol–water partition coefficient (Wildman–Crippen LogP) is 0.429. The van der Waals surface area contributed by atoms with Crippen molar-refractivity contribution in [1.29, 1.82) is 0 Å². The number of piperidine rings is 1. The maximum Gasteiger partial charge on any atom is 0.304 e. The smallest absolute Gasteiger partial charge is 0.304 e. The van der Waals surface area contributed by atoms with Crippen LogP contribution in [0.4, 0.5) is 0 Å². The summed E-state index contributed by atoms with van der Waals surface area (Å²) in [6.07, 6.45) is 1.43. The zero-order valence-electron chi connectivity index (χ0n) is 8.32. The van der Waals surface area contributed by atoms with Crippen molar-refractivity contribution in [3.8, 4) is 0 Å². The van der Waals surface area contributed by atoms with Crippen molar-refractivity contribution in [2.45, 2.75) is 12.8 Å². The van der Waals surface area contributed by atoms with Crippen molar-refractivity contribution in [1.82, 2.24) is 4.90 Å². The fourth-order valence-electron chi connectivity index (χ4n) is 2.39. The van der Waals surface area contributed by atoms with Crippen molar-refractivity contribution in [2.75, 3.05) is 32.8 Å². The lowest BCUT2D eigenvalue weighted by molar-refractivity contribution is -0.137. The zero-order chi connectivity index (χ0) is 9.97. The number of hydrogen-bond donors (Lipinski definition) is 1. The highest BCUT2D eigenvalue weighted by atomic mass is 16.5. The van der Waals surface area contributed by atoms with Crippen molar-refractivity contribution in [2.24, 2.45) is 11.8 Å². The normalized spacial score (nSPS) is 32.9. The molecule has 1 N–H and O–H groups in total. The lowest BCUT2D eigenvalue weighted by Gasteiger charge is -2.33. The quantitative estimate of drug-likeness (QED) is 0.716. The molecule has 0 radical (unpaired) electrons. The summed E-state index contributed by atoms with van der Waals surface area (Å²) in [5.41, 5.74) is 0. The van der Waals surface area contributed by atoms with Gasteiger partial charge in [0.1, 0.15) is 0 Å². The van der Waals surface area contributed by atoms with E-state index >= 15 is 0 Å². The van der Waals surface area contributed by atoms with Crippen LogP contribution in [-0.4, -0.2) is 48.8 Å². The average molecular weight is 199 g/mol. The van der Waals surface area contributed by atoms with Crippen LogP contribution in [0.3, 0.4) is 0 Å². The summed E-state index contributed by atoms with van der Waals surface area (Å²) in [6.45, 7) is 4.54. The van der Waals surface area contributed by atoms with E-state index in [1.807, 2.05) is 0 Å². The highest BCUT2D eigenvalue weighted by molar-refractivity contribution is 5.66. The summed E-state index contributed by atoms with van der Waals surface area (Å²) >= 11 is 0. The molecule has 2 rings (SSSR count). The highest BCUT2D eigenvalue weighted by Crippen LogP contribution is 2.29. The number of aliphatic carboxylic acids is 1. The number of nitrogens with zero attached hydrogens (tertiary/aromatic N) is 1. The molecule has 4 heteroatoms. The monoisotopic (exact) mass is 199 g/mol. The standard InChI is InChI=1S/C10H17NO3/c12-10(13)2-4-11-3-1-8-6-14-7-9(8)5-11/h8-9H,1-7H2,(H,12,13)/t8-,9-/m0/s1. The molecule has 0 saturated carbocycles. The minimum Gasteiger partial charge on any atom is -0.481 e. The molecule has 2 fully saturated rings. The van der Waals surface area contributed by atoms with E-state index in [0.29, 0.717) is 12.5 Å². The van der Waals surface area contributed by atoms with E-state index in [2.05, 4.69) is 4.90 Å². The van der Waals surface area contributed by atoms with Gasteiger partial charge in [-0.25, -0.2) is 0 Å². The Hall–Kier alpha value is -0.610. The molecule has 14 heavy (non-hydrogen) atoms. The molecule has 2 atom stereocenters. The van der Waals surface area contributed by atoms with E-state index in [1.165, 1.54) is 6.42 Å². The van der Waals surface area contributed by atoms with Gasteiger partial charge in [-0.15, -0.1) is 0 Å². The average Bonchev–Trinajstić information content (AvgIpc) is 2.61. The van der Waals surface area contributed by atoms with Crippen LogP contribution >= 0.6 is 0 Å². The van der Waals surface area contributed by atoms with Gasteiger partial charge in [0.15, 0.2) is 0 Å². The van der Waals surface area contributed by atoms with Gasteiger partial charge in [0.25, 0.3) is 0 Å². The molecule has 2 saturated heterocycles. The second-order valence-electron chi connectivity index (χ2n) is 4.29. The molecule has 0 amide bonds. The lowest BCUT2D eigenvalue weighted by atomic mass is 9.89. The Morgan fingerprint density at radius 3 is 3.00 bits per heavy atom. The summed E-state index contributed by atoms with van der Waals surface area (Å²) in [5.74, 6) is 0.684. The third-order valence-electron chi connectivity index (χ3n) is 3.28. The summed E-state index contributed by atoms with van der Waals surface area (Å²) in [5, 5.41) is 8.58. The molecule has 0 aromatic rings. The van der Waals surface area contributed by atoms with Crippen molar-refractivity contribution < 1.29 is 14.6 Å². The largest absolute Gasteiger partial charge is 0.481 e. The molecule has 4 nitrogen and oxygen atoms in total. The Bertz CT molecular complexity index is 219. The number of carboxylic acids is 1. The van der Waals surface area contributed by atoms with E-state index in [0.717, 1.165) is 32.2 Å². The van der Waals surface area contributed by atoms with Gasteiger partial charge in [-0.2, -0.15) is 0 Å². The third-order valence-corrected chi connectivity index (χ3v) is 3.28. The minimum atomic E-state index is -0.699. The molecular weight excluding hydrogens is 182 g/mol. The molecule has 2 aliphatic rings. The highest BCUT2D eigenvalue weighted by Gasteiger charge is 2.33. The van der Waals surface area contributed by atoms with Crippen LogP contribution in [0.25, 0.3) is 0 Å². The molecule has 0 aliphatic carbocycles. The van der Waals surface area contributed by atoms with Crippen molar-refractivity contribution >= 4 is 5.97 Å². The number of likely N-dealkylation sites (tertiary alicyclic amines) is 1. The van der Waals surface area contributed by atoms with Crippen molar-refractivity contribution in [3.63, 3.8) is 0 Å². The number of rotatable bonds is 3. The molecule has 0 unspecified atom stereocenters. The number of ether oxygens (including phenoxy) is 1. The van der Waals surface area contributed by atoms with Gasteiger partial charge in [0.2, 0.25) is 0 Å². The van der Waals surface area contributed by atoms with E-state index < -0.39 is 5.97 Å². The van der Waals surface area contributed by atoms with Gasteiger partial charge in [-0.05, 0) is 18.9 Å². The van der Waals surface area contributed by atoms with Crippen LogP contribution in [-0.2, 0) is 9.53 Å². The maximum absolute atomic E-state index is 10.4. The van der Waals surface area contributed by atoms with E-state index in [4.69, 9.17) is 9.84 Å². The number of hydrogen-bond acceptors (Lipinski definition) is 3. The first-order valence-electron chi connectivity index (χ1n) is 5.27. The lowest BCUT2D eigenvalue weighted by Crippen LogP contribution is -2.40. The third kappa shape index (κ3) is 2.25. The second-order valence-corrected chi connectivity index (χ2v) is 4.29. The van der Waals surface area contributed by atoms with Crippen LogP contribution in [0, 0.1) is 11.8 Å². The van der Waals surface area contributed by atoms with Crippen LogP contribution in [0.5, 0.6) is 0 Å². The zero-order valence-corrected chi connectivity index (χ0v) is 8.32. The van der Waals surface area contributed by atoms with Gasteiger partial charge < -0.3 is 14.7 Å². The first-order chi connectivity index (χ1) is 6.75. The van der Waals surface area contributed by atoms with E-state index in [-0.39, 0.29) is 6.42 Å². The molecule has 0 spiro atoms. The molecule has 2 heterocycles. The van der Waals surface area contributed by atoms with Crippen molar-refractivity contribution in [3.05, 3.63) is 0 Å². The molecule has 80 valence electrons. The number of fused-ring (bicyclic) bond motifs is 1. The van der Waals surface area contributed by atoms with E-state index in [1.54, 1.807) is 0 Å². The summed E-state index contributed by atoms with van der Waals surface area (Å²) in [7, 11) is 0. The van der Waals surface area contributed by atoms with Gasteiger partial charge >= 0.3 is 5.97 Å². The Morgan fingerprint density at radius 1 is 1.43 bits per heavy atom. The van der Waals surface area contributed by atoms with Gasteiger partial charge in [-0.3, -0.25) is 4.79 Å². The first kappa shape index (κ1) is 9.93. The van der Waals surface area contributed by atoms with Gasteiger partial charge in [0, 0.05) is 25.6 Å². The van der Waals surface area contributed by atoms with Crippen LogP contribution in [0.2, 0.25) is 0 Å². The van der Waals surface area contributed by atoms with Crippen LogP contribution < -0.4 is 0 Å². The second kappa shape index (κ2) is 4.28. The van der Waals surface area contributed by atoms with Gasteiger partial charge in [0.05, 0.1) is 13.0 Å². The van der Waals surface area contributed by atoms with E-state index in [9.17, 15) is 4.79 Å². The van der Waals surface area contributed by atoms with Crippen LogP contribution in [0.1, 0.15) is 12.8 Å². The molecule has 0 aromatic heterocycles. The summed E-state index contributed by atoms with van der Waals surface area (Å²) in [4.78, 5) is 12.7. The Balaban J connectivity index is 1.77. The maximum atomic E-state index is 10.4. The summed E-state index contributed by atoms with van der Waals surface area (Å²) < 4.78 is 5.42. The summed E-state index contributed by atoms with van der Waals surface area (Å²) in [6, 6.07) is 0. The molecule has 2 aliphatic heterocycles. The molecule has 0 aromatic carbocycles. The predicted molar refractivity (Wildman–Crippen MR) is 51.1 cm³/mol. The Labute approximate surface area is 83.8 Å². The number of carboxylic acid groups (broad SMARTS) is 1. The fourth-order valence-corrected chi connectivity index (χ4v) is 2.39. The first-order valence-corrected chi connectivity index (χ1v) is 5.27. The van der Waals surface area contributed by atoms with Crippen LogP contribution in [0.15, 0.2) is 0 Å². The van der Waals surface area contributed by atoms with Gasteiger partial charge in [-0.1, -0.05) is 0 Å². The molecular formula is C10H17NO3. The fraction of sp³-hybridized carbons (Fsp3) is 0.900. The Morgan fingerprint density at radius 2 is 2.21 bits per heavy atom. The SMILES string of the molecule is O=C(O)CCN1CC[C@H]2COC[C@@H]2C1. The number of carbonyl (C=O) groups is 1.